The first-order valence-corrected chi connectivity index (χ1v) is 8.88. The Morgan fingerprint density at radius 1 is 1.14 bits per heavy atom. The first-order valence-electron chi connectivity index (χ1n) is 7.23. The molecule has 0 amide bonds. The van der Waals surface area contributed by atoms with Gasteiger partial charge in [-0.1, -0.05) is 26.0 Å². The van der Waals surface area contributed by atoms with E-state index in [0.29, 0.717) is 29.2 Å². The number of hydrogen-bond acceptors (Lipinski definition) is 4. The van der Waals surface area contributed by atoms with Crippen molar-refractivity contribution in [2.75, 3.05) is 26.4 Å². The average Bonchev–Trinajstić information content (AvgIpc) is 2.37. The van der Waals surface area contributed by atoms with Crippen LogP contribution in [0.5, 0.6) is 0 Å². The van der Waals surface area contributed by atoms with Gasteiger partial charge in [0.25, 0.3) is 0 Å². The van der Waals surface area contributed by atoms with Gasteiger partial charge in [-0.05, 0) is 45.1 Å². The van der Waals surface area contributed by atoms with Gasteiger partial charge in [0, 0.05) is 12.0 Å². The van der Waals surface area contributed by atoms with E-state index in [-0.39, 0.29) is 11.5 Å². The molecule has 0 bridgehead atoms. The van der Waals surface area contributed by atoms with Crippen molar-refractivity contribution >= 4 is 15.6 Å². The quantitative estimate of drug-likeness (QED) is 0.693. The van der Waals surface area contributed by atoms with Crippen LogP contribution in [0.25, 0.3) is 0 Å². The van der Waals surface area contributed by atoms with Gasteiger partial charge in [-0.25, -0.2) is 8.42 Å². The minimum Gasteiger partial charge on any atom is -0.309 e. The number of carbonyl (C=O) groups excluding carboxylic acids is 1. The second kappa shape index (κ2) is 7.71. The van der Waals surface area contributed by atoms with Crippen LogP contribution in [0.1, 0.15) is 37.0 Å². The Kier molecular flexibility index (Phi) is 6.55. The molecule has 0 aliphatic heterocycles. The average molecular weight is 311 g/mol. The van der Waals surface area contributed by atoms with Crippen molar-refractivity contribution in [3.63, 3.8) is 0 Å². The summed E-state index contributed by atoms with van der Waals surface area (Å²) in [6.45, 7) is 4.72. The van der Waals surface area contributed by atoms with Crippen molar-refractivity contribution in [2.24, 2.45) is 5.92 Å². The second-order valence-corrected chi connectivity index (χ2v) is 8.13. The molecule has 21 heavy (non-hydrogen) atoms. The number of rotatable bonds is 8. The Morgan fingerprint density at radius 2 is 1.71 bits per heavy atom. The van der Waals surface area contributed by atoms with E-state index in [1.54, 1.807) is 24.3 Å². The highest BCUT2D eigenvalue weighted by Gasteiger charge is 2.15. The van der Waals surface area contributed by atoms with Crippen LogP contribution >= 0.6 is 0 Å². The summed E-state index contributed by atoms with van der Waals surface area (Å²) in [5, 5.41) is 0. The zero-order chi connectivity index (χ0) is 16.0. The summed E-state index contributed by atoms with van der Waals surface area (Å²) in [6, 6.07) is 6.31. The third-order valence-corrected chi connectivity index (χ3v) is 4.96. The normalized spacial score (nSPS) is 12.1. The van der Waals surface area contributed by atoms with Gasteiger partial charge < -0.3 is 4.90 Å². The number of nitrogens with zero attached hydrogens (tertiary/aromatic N) is 1. The van der Waals surface area contributed by atoms with Crippen molar-refractivity contribution in [3.05, 3.63) is 29.8 Å². The molecule has 0 spiro atoms. The summed E-state index contributed by atoms with van der Waals surface area (Å²) in [4.78, 5) is 14.2. The first kappa shape index (κ1) is 17.9. The maximum absolute atomic E-state index is 12.2. The number of hydrogen-bond donors (Lipinski definition) is 0. The van der Waals surface area contributed by atoms with Gasteiger partial charge in [0.05, 0.1) is 10.6 Å². The van der Waals surface area contributed by atoms with Crippen LogP contribution < -0.4 is 0 Å². The molecule has 0 fully saturated rings. The Balaban J connectivity index is 2.74. The molecule has 0 atom stereocenters. The van der Waals surface area contributed by atoms with Gasteiger partial charge >= 0.3 is 0 Å². The van der Waals surface area contributed by atoms with Gasteiger partial charge in [-0.2, -0.15) is 0 Å². The Hall–Kier alpha value is -1.20. The van der Waals surface area contributed by atoms with E-state index in [9.17, 15) is 13.2 Å². The van der Waals surface area contributed by atoms with Crippen LogP contribution in [0.2, 0.25) is 0 Å². The molecular weight excluding hydrogens is 286 g/mol. The summed E-state index contributed by atoms with van der Waals surface area (Å²) in [5.41, 5.74) is 0.580. The van der Waals surface area contributed by atoms with E-state index in [1.165, 1.54) is 0 Å². The van der Waals surface area contributed by atoms with Gasteiger partial charge in [0.1, 0.15) is 0 Å². The molecular formula is C16H25NO3S. The fraction of sp³-hybridized carbons (Fsp3) is 0.562. The van der Waals surface area contributed by atoms with Crippen molar-refractivity contribution in [2.45, 2.75) is 31.6 Å². The maximum Gasteiger partial charge on any atom is 0.178 e. The molecule has 1 aromatic carbocycles. The monoisotopic (exact) mass is 311 g/mol. The molecule has 1 rings (SSSR count). The smallest absolute Gasteiger partial charge is 0.178 e. The lowest BCUT2D eigenvalue weighted by molar-refractivity contribution is 0.0967. The molecule has 0 saturated heterocycles. The van der Waals surface area contributed by atoms with Crippen LogP contribution in [0, 0.1) is 5.92 Å². The molecule has 5 heteroatoms. The fourth-order valence-electron chi connectivity index (χ4n) is 2.03. The summed E-state index contributed by atoms with van der Waals surface area (Å²) in [7, 11) is 0.577. The van der Waals surface area contributed by atoms with E-state index in [0.717, 1.165) is 6.54 Å². The molecule has 0 unspecified atom stereocenters. The van der Waals surface area contributed by atoms with Crippen LogP contribution in [-0.4, -0.2) is 45.5 Å². The Bertz CT molecular complexity index is 560. The molecule has 0 saturated carbocycles. The third-order valence-electron chi connectivity index (χ3n) is 3.15. The van der Waals surface area contributed by atoms with Crippen LogP contribution in [0.4, 0.5) is 0 Å². The molecule has 0 aliphatic carbocycles. The molecule has 0 radical (unpaired) electrons. The number of sulfone groups is 1. The number of ketones is 1. The number of carbonyl (C=O) groups is 1. The first-order chi connectivity index (χ1) is 9.72. The van der Waals surface area contributed by atoms with Gasteiger partial charge in [-0.15, -0.1) is 0 Å². The predicted octanol–water partition coefficient (Wildman–Crippen LogP) is 2.64. The van der Waals surface area contributed by atoms with Crippen molar-refractivity contribution < 1.29 is 13.2 Å². The topological polar surface area (TPSA) is 54.5 Å². The van der Waals surface area contributed by atoms with Gasteiger partial charge in [-0.3, -0.25) is 4.79 Å². The van der Waals surface area contributed by atoms with Crippen LogP contribution in [-0.2, 0) is 9.84 Å². The maximum atomic E-state index is 12.2. The van der Waals surface area contributed by atoms with E-state index in [4.69, 9.17) is 0 Å². The van der Waals surface area contributed by atoms with E-state index >= 15 is 0 Å². The SMILES string of the molecule is CC(C)CC(=O)c1ccc(S(=O)(=O)CCCN(C)C)cc1. The lowest BCUT2D eigenvalue weighted by Crippen LogP contribution is -2.17. The van der Waals surface area contributed by atoms with Crippen molar-refractivity contribution in [1.82, 2.24) is 4.90 Å². The summed E-state index contributed by atoms with van der Waals surface area (Å²) in [5.74, 6) is 0.485. The molecule has 0 heterocycles. The van der Waals surface area contributed by atoms with Crippen LogP contribution in [0.3, 0.4) is 0 Å². The van der Waals surface area contributed by atoms with E-state index in [1.807, 2.05) is 32.8 Å². The zero-order valence-corrected chi connectivity index (χ0v) is 14.1. The van der Waals surface area contributed by atoms with Gasteiger partial charge in [0.15, 0.2) is 15.6 Å². The molecule has 118 valence electrons. The summed E-state index contributed by atoms with van der Waals surface area (Å²) >= 11 is 0. The Labute approximate surface area is 128 Å². The summed E-state index contributed by atoms with van der Waals surface area (Å²) < 4.78 is 24.3. The van der Waals surface area contributed by atoms with E-state index in [2.05, 4.69) is 0 Å². The van der Waals surface area contributed by atoms with Crippen LogP contribution in [0.15, 0.2) is 29.2 Å². The predicted molar refractivity (Wildman–Crippen MR) is 85.5 cm³/mol. The molecule has 4 nitrogen and oxygen atoms in total. The molecule has 0 aliphatic rings. The van der Waals surface area contributed by atoms with E-state index < -0.39 is 9.84 Å². The zero-order valence-electron chi connectivity index (χ0n) is 13.3. The van der Waals surface area contributed by atoms with Gasteiger partial charge in [0.2, 0.25) is 0 Å². The standard InChI is InChI=1S/C16H25NO3S/c1-13(2)12-16(18)14-6-8-15(9-7-14)21(19,20)11-5-10-17(3)4/h6-9,13H,5,10-12H2,1-4H3. The van der Waals surface area contributed by atoms with Crippen molar-refractivity contribution in [1.29, 1.82) is 0 Å². The Morgan fingerprint density at radius 3 is 2.19 bits per heavy atom. The summed E-state index contributed by atoms with van der Waals surface area (Å²) in [6.07, 6.45) is 1.08. The lowest BCUT2D eigenvalue weighted by Gasteiger charge is -2.10. The minimum absolute atomic E-state index is 0.0570. The third kappa shape index (κ3) is 5.98. The fourth-order valence-corrected chi connectivity index (χ4v) is 3.32. The highest BCUT2D eigenvalue weighted by molar-refractivity contribution is 7.91. The highest BCUT2D eigenvalue weighted by atomic mass is 32.2. The number of Topliss-reactive ketones (excluding diaryl/α,β-unsaturated/α-hetero) is 1. The molecule has 0 aromatic heterocycles. The number of benzene rings is 1. The lowest BCUT2D eigenvalue weighted by atomic mass is 10.0. The largest absolute Gasteiger partial charge is 0.309 e. The second-order valence-electron chi connectivity index (χ2n) is 6.02. The van der Waals surface area contributed by atoms with Crippen molar-refractivity contribution in [3.8, 4) is 0 Å². The minimum atomic E-state index is -3.26. The highest BCUT2D eigenvalue weighted by Crippen LogP contribution is 2.16. The molecule has 1 aromatic rings. The molecule has 0 N–H and O–H groups in total.